The van der Waals surface area contributed by atoms with Crippen LogP contribution in [-0.2, 0) is 0 Å². The van der Waals surface area contributed by atoms with Crippen molar-refractivity contribution in [2.24, 2.45) is 0 Å². The van der Waals surface area contributed by atoms with E-state index in [2.05, 4.69) is 9.97 Å². The minimum Gasteiger partial charge on any atom is -0.386 e. The van der Waals surface area contributed by atoms with Crippen molar-refractivity contribution in [3.8, 4) is 0 Å². The molecule has 0 saturated carbocycles. The van der Waals surface area contributed by atoms with E-state index in [0.717, 1.165) is 4.90 Å². The minimum absolute atomic E-state index is 0.538. The smallest absolute Gasteiger partial charge is 0.125 e. The first kappa shape index (κ1) is 13.3. The number of aliphatic hydroxyl groups excluding tert-OH is 1. The lowest BCUT2D eigenvalue weighted by molar-refractivity contribution is 0.198. The van der Waals surface area contributed by atoms with Crippen LogP contribution in [0.3, 0.4) is 0 Å². The van der Waals surface area contributed by atoms with E-state index in [1.807, 2.05) is 24.3 Å². The number of thioether (sulfide) groups is 1. The second-order valence-electron chi connectivity index (χ2n) is 3.81. The number of aliphatic hydroxyl groups is 1. The second-order valence-corrected chi connectivity index (χ2v) is 5.34. The van der Waals surface area contributed by atoms with Crippen molar-refractivity contribution >= 4 is 23.4 Å². The van der Waals surface area contributed by atoms with Gasteiger partial charge in [0.25, 0.3) is 0 Å². The monoisotopic (exact) mass is 280 g/mol. The van der Waals surface area contributed by atoms with Crippen molar-refractivity contribution in [3.05, 3.63) is 53.1 Å². The molecule has 1 aromatic heterocycles. The Balaban J connectivity index is 1.98. The number of benzene rings is 1. The lowest BCUT2D eigenvalue weighted by Crippen LogP contribution is -2.04. The molecule has 18 heavy (non-hydrogen) atoms. The molecule has 94 valence electrons. The highest BCUT2D eigenvalue weighted by Gasteiger charge is 2.10. The molecule has 3 nitrogen and oxygen atoms in total. The molecule has 0 bridgehead atoms. The summed E-state index contributed by atoms with van der Waals surface area (Å²) in [6.45, 7) is 1.81. The van der Waals surface area contributed by atoms with E-state index in [0.29, 0.717) is 22.3 Å². The molecule has 0 amide bonds. The Kier molecular flexibility index (Phi) is 4.58. The Morgan fingerprint density at radius 1 is 1.39 bits per heavy atom. The van der Waals surface area contributed by atoms with Crippen molar-refractivity contribution in [2.75, 3.05) is 5.75 Å². The molecule has 1 unspecified atom stereocenters. The Bertz CT molecular complexity index is 536. The summed E-state index contributed by atoms with van der Waals surface area (Å²) in [5.41, 5.74) is 0.650. The van der Waals surface area contributed by atoms with Crippen molar-refractivity contribution in [3.63, 3.8) is 0 Å². The molecule has 2 rings (SSSR count). The third-order valence-corrected chi connectivity index (χ3v) is 3.65. The third-order valence-electron chi connectivity index (χ3n) is 2.34. The Hall–Kier alpha value is -1.10. The standard InChI is InChI=1S/C13H13ClN2OS/c1-9-15-6-5-12(16-9)13(17)8-18-11-4-2-3-10(14)7-11/h2-7,13,17H,8H2,1H3. The van der Waals surface area contributed by atoms with Gasteiger partial charge in [0.15, 0.2) is 0 Å². The predicted octanol–water partition coefficient (Wildman–Crippen LogP) is 3.26. The molecule has 1 atom stereocenters. The minimum atomic E-state index is -0.601. The Labute approximate surface area is 115 Å². The van der Waals surface area contributed by atoms with Gasteiger partial charge in [-0.25, -0.2) is 9.97 Å². The molecule has 0 aliphatic rings. The van der Waals surface area contributed by atoms with E-state index in [1.54, 1.807) is 30.9 Å². The number of nitrogens with zero attached hydrogens (tertiary/aromatic N) is 2. The highest BCUT2D eigenvalue weighted by Crippen LogP contribution is 2.25. The maximum Gasteiger partial charge on any atom is 0.125 e. The van der Waals surface area contributed by atoms with E-state index in [9.17, 15) is 5.11 Å². The average molecular weight is 281 g/mol. The number of aryl methyl sites for hydroxylation is 1. The van der Waals surface area contributed by atoms with Crippen molar-refractivity contribution < 1.29 is 5.11 Å². The van der Waals surface area contributed by atoms with Gasteiger partial charge in [-0.3, -0.25) is 0 Å². The summed E-state index contributed by atoms with van der Waals surface area (Å²) in [7, 11) is 0. The van der Waals surface area contributed by atoms with Crippen LogP contribution >= 0.6 is 23.4 Å². The highest BCUT2D eigenvalue weighted by atomic mass is 35.5. The molecule has 1 aromatic carbocycles. The van der Waals surface area contributed by atoms with Crippen LogP contribution in [0.4, 0.5) is 0 Å². The maximum atomic E-state index is 10.0. The van der Waals surface area contributed by atoms with Crippen LogP contribution in [0.25, 0.3) is 0 Å². The van der Waals surface area contributed by atoms with E-state index in [-0.39, 0.29) is 0 Å². The van der Waals surface area contributed by atoms with Gasteiger partial charge < -0.3 is 5.11 Å². The molecular weight excluding hydrogens is 268 g/mol. The molecule has 0 radical (unpaired) electrons. The first-order valence-electron chi connectivity index (χ1n) is 5.51. The van der Waals surface area contributed by atoms with E-state index >= 15 is 0 Å². The van der Waals surface area contributed by atoms with Crippen LogP contribution in [0.1, 0.15) is 17.6 Å². The number of rotatable bonds is 4. The zero-order valence-corrected chi connectivity index (χ0v) is 11.4. The second kappa shape index (κ2) is 6.18. The predicted molar refractivity (Wildman–Crippen MR) is 73.9 cm³/mol. The maximum absolute atomic E-state index is 10.0. The van der Waals surface area contributed by atoms with Crippen LogP contribution < -0.4 is 0 Å². The molecule has 0 aliphatic carbocycles. The van der Waals surface area contributed by atoms with Gasteiger partial charge in [0.1, 0.15) is 11.9 Å². The zero-order valence-electron chi connectivity index (χ0n) is 9.88. The molecule has 1 N–H and O–H groups in total. The Morgan fingerprint density at radius 3 is 2.94 bits per heavy atom. The summed E-state index contributed by atoms with van der Waals surface area (Å²) >= 11 is 7.45. The molecule has 2 aromatic rings. The molecule has 0 fully saturated rings. The fourth-order valence-corrected chi connectivity index (χ4v) is 2.64. The van der Waals surface area contributed by atoms with Crippen molar-refractivity contribution in [2.45, 2.75) is 17.9 Å². The number of hydrogen-bond donors (Lipinski definition) is 1. The normalized spacial score (nSPS) is 12.4. The van der Waals surface area contributed by atoms with Crippen LogP contribution in [-0.4, -0.2) is 20.8 Å². The topological polar surface area (TPSA) is 46.0 Å². The quantitative estimate of drug-likeness (QED) is 0.873. The molecule has 1 heterocycles. The van der Waals surface area contributed by atoms with Crippen LogP contribution in [0.15, 0.2) is 41.4 Å². The summed E-state index contributed by atoms with van der Waals surface area (Å²) in [5, 5.41) is 10.7. The summed E-state index contributed by atoms with van der Waals surface area (Å²) in [4.78, 5) is 9.24. The first-order valence-corrected chi connectivity index (χ1v) is 6.87. The van der Waals surface area contributed by atoms with Gasteiger partial charge in [0.05, 0.1) is 5.69 Å². The van der Waals surface area contributed by atoms with Gasteiger partial charge in [-0.15, -0.1) is 11.8 Å². The fraction of sp³-hybridized carbons (Fsp3) is 0.231. The van der Waals surface area contributed by atoms with Crippen LogP contribution in [0, 0.1) is 6.92 Å². The van der Waals surface area contributed by atoms with Gasteiger partial charge >= 0.3 is 0 Å². The lowest BCUT2D eigenvalue weighted by atomic mass is 10.3. The van der Waals surface area contributed by atoms with Crippen molar-refractivity contribution in [1.29, 1.82) is 0 Å². The summed E-state index contributed by atoms with van der Waals surface area (Å²) < 4.78 is 0. The van der Waals surface area contributed by atoms with E-state index in [4.69, 9.17) is 11.6 Å². The molecule has 0 aliphatic heterocycles. The number of hydrogen-bond acceptors (Lipinski definition) is 4. The van der Waals surface area contributed by atoms with Crippen molar-refractivity contribution in [1.82, 2.24) is 9.97 Å². The fourth-order valence-electron chi connectivity index (χ4n) is 1.48. The van der Waals surface area contributed by atoms with Gasteiger partial charge in [-0.2, -0.15) is 0 Å². The summed E-state index contributed by atoms with van der Waals surface area (Å²) in [5.74, 6) is 1.20. The first-order chi connectivity index (χ1) is 8.65. The highest BCUT2D eigenvalue weighted by molar-refractivity contribution is 7.99. The molecule has 0 saturated heterocycles. The van der Waals surface area contributed by atoms with Gasteiger partial charge in [-0.1, -0.05) is 17.7 Å². The molecule has 0 spiro atoms. The largest absolute Gasteiger partial charge is 0.386 e. The van der Waals surface area contributed by atoms with E-state index < -0.39 is 6.10 Å². The number of halogens is 1. The van der Waals surface area contributed by atoms with Crippen LogP contribution in [0.2, 0.25) is 5.02 Å². The summed E-state index contributed by atoms with van der Waals surface area (Å²) in [6, 6.07) is 9.30. The third kappa shape index (κ3) is 3.70. The molecular formula is C13H13ClN2OS. The van der Waals surface area contributed by atoms with Gasteiger partial charge in [0, 0.05) is 21.9 Å². The Morgan fingerprint density at radius 2 is 2.22 bits per heavy atom. The average Bonchev–Trinajstić information content (AvgIpc) is 2.36. The lowest BCUT2D eigenvalue weighted by Gasteiger charge is -2.10. The summed E-state index contributed by atoms with van der Waals surface area (Å²) in [6.07, 6.45) is 1.06. The van der Waals surface area contributed by atoms with Gasteiger partial charge in [-0.05, 0) is 31.2 Å². The van der Waals surface area contributed by atoms with E-state index in [1.165, 1.54) is 0 Å². The number of aromatic nitrogens is 2. The zero-order chi connectivity index (χ0) is 13.0. The SMILES string of the molecule is Cc1nccc(C(O)CSc2cccc(Cl)c2)n1. The molecule has 5 heteroatoms. The van der Waals surface area contributed by atoms with Crippen LogP contribution in [0.5, 0.6) is 0 Å². The van der Waals surface area contributed by atoms with Gasteiger partial charge in [0.2, 0.25) is 0 Å².